The average molecular weight is 237 g/mol. The first-order chi connectivity index (χ1) is 8.15. The molecule has 0 bridgehead atoms. The Hall–Kier alpha value is -1.26. The lowest BCUT2D eigenvalue weighted by atomic mass is 10.1. The fraction of sp³-hybridized carbons (Fsp3) is 0.538. The van der Waals surface area contributed by atoms with Crippen LogP contribution in [0, 0.1) is 5.92 Å². The van der Waals surface area contributed by atoms with Crippen LogP contribution < -0.4 is 5.32 Å². The van der Waals surface area contributed by atoms with Gasteiger partial charge in [-0.15, -0.1) is 0 Å². The minimum atomic E-state index is 0.0952. The van der Waals surface area contributed by atoms with E-state index < -0.39 is 0 Å². The van der Waals surface area contributed by atoms with Gasteiger partial charge in [-0.1, -0.05) is 0 Å². The van der Waals surface area contributed by atoms with Gasteiger partial charge in [-0.2, -0.15) is 0 Å². The van der Waals surface area contributed by atoms with Crippen molar-refractivity contribution in [2.45, 2.75) is 19.4 Å². The summed E-state index contributed by atoms with van der Waals surface area (Å²) < 4.78 is 5.31. The molecular formula is C13H19NO3. The second-order valence-electron chi connectivity index (χ2n) is 4.64. The van der Waals surface area contributed by atoms with E-state index >= 15 is 0 Å². The molecule has 2 atom stereocenters. The number of phenolic OH excluding ortho intramolecular Hbond substituents is 2. The summed E-state index contributed by atoms with van der Waals surface area (Å²) in [6.07, 6.45) is 1.10. The van der Waals surface area contributed by atoms with Crippen molar-refractivity contribution in [3.05, 3.63) is 23.8 Å². The van der Waals surface area contributed by atoms with Gasteiger partial charge in [0.25, 0.3) is 0 Å². The summed E-state index contributed by atoms with van der Waals surface area (Å²) >= 11 is 0. The number of ether oxygens (including phenoxy) is 1. The maximum Gasteiger partial charge on any atom is 0.119 e. The van der Waals surface area contributed by atoms with Crippen molar-refractivity contribution in [1.29, 1.82) is 0 Å². The van der Waals surface area contributed by atoms with Crippen LogP contribution in [0.1, 0.15) is 24.9 Å². The van der Waals surface area contributed by atoms with Crippen molar-refractivity contribution in [1.82, 2.24) is 5.32 Å². The van der Waals surface area contributed by atoms with Crippen LogP contribution in [-0.2, 0) is 4.74 Å². The minimum Gasteiger partial charge on any atom is -0.508 e. The third-order valence-electron chi connectivity index (χ3n) is 3.16. The van der Waals surface area contributed by atoms with Crippen molar-refractivity contribution in [2.24, 2.45) is 5.92 Å². The lowest BCUT2D eigenvalue weighted by Crippen LogP contribution is -2.25. The largest absolute Gasteiger partial charge is 0.508 e. The molecule has 17 heavy (non-hydrogen) atoms. The van der Waals surface area contributed by atoms with Gasteiger partial charge in [0, 0.05) is 25.3 Å². The summed E-state index contributed by atoms with van der Waals surface area (Å²) in [7, 11) is 0. The Morgan fingerprint density at radius 3 is 2.65 bits per heavy atom. The van der Waals surface area contributed by atoms with Crippen LogP contribution in [-0.4, -0.2) is 30.0 Å². The van der Waals surface area contributed by atoms with Gasteiger partial charge < -0.3 is 20.3 Å². The van der Waals surface area contributed by atoms with E-state index in [2.05, 4.69) is 5.32 Å². The van der Waals surface area contributed by atoms with Crippen molar-refractivity contribution in [3.63, 3.8) is 0 Å². The first kappa shape index (κ1) is 12.2. The molecule has 1 saturated heterocycles. The van der Waals surface area contributed by atoms with Gasteiger partial charge in [-0.3, -0.25) is 0 Å². The van der Waals surface area contributed by atoms with Crippen molar-refractivity contribution < 1.29 is 14.9 Å². The zero-order chi connectivity index (χ0) is 12.3. The van der Waals surface area contributed by atoms with Crippen LogP contribution in [0.15, 0.2) is 18.2 Å². The number of benzene rings is 1. The van der Waals surface area contributed by atoms with Gasteiger partial charge in [-0.05, 0) is 37.0 Å². The minimum absolute atomic E-state index is 0.0952. The molecule has 1 aliphatic heterocycles. The molecule has 3 N–H and O–H groups in total. The van der Waals surface area contributed by atoms with Crippen molar-refractivity contribution >= 4 is 0 Å². The normalized spacial score (nSPS) is 21.6. The molecule has 1 aromatic rings. The predicted molar refractivity (Wildman–Crippen MR) is 65.1 cm³/mol. The van der Waals surface area contributed by atoms with Gasteiger partial charge in [0.1, 0.15) is 11.5 Å². The van der Waals surface area contributed by atoms with Gasteiger partial charge in [0.2, 0.25) is 0 Å². The van der Waals surface area contributed by atoms with Crippen LogP contribution >= 0.6 is 0 Å². The van der Waals surface area contributed by atoms with Gasteiger partial charge >= 0.3 is 0 Å². The highest BCUT2D eigenvalue weighted by molar-refractivity contribution is 5.37. The molecule has 4 nitrogen and oxygen atoms in total. The van der Waals surface area contributed by atoms with Crippen LogP contribution in [0.3, 0.4) is 0 Å². The highest BCUT2D eigenvalue weighted by Gasteiger charge is 2.16. The second kappa shape index (κ2) is 5.38. The molecule has 2 rings (SSSR count). The molecule has 4 heteroatoms. The topological polar surface area (TPSA) is 61.7 Å². The Bertz CT molecular complexity index is 355. The van der Waals surface area contributed by atoms with Crippen LogP contribution in [0.25, 0.3) is 0 Å². The molecule has 1 aromatic carbocycles. The SMILES string of the molecule is CC(NCC1CCOC1)c1cc(O)cc(O)c1. The van der Waals surface area contributed by atoms with E-state index in [1.807, 2.05) is 6.92 Å². The molecule has 0 spiro atoms. The molecule has 0 saturated carbocycles. The maximum absolute atomic E-state index is 9.41. The van der Waals surface area contributed by atoms with Crippen LogP contribution in [0.5, 0.6) is 11.5 Å². The highest BCUT2D eigenvalue weighted by atomic mass is 16.5. The van der Waals surface area contributed by atoms with E-state index in [9.17, 15) is 10.2 Å². The summed E-state index contributed by atoms with van der Waals surface area (Å²) in [6.45, 7) is 4.60. The average Bonchev–Trinajstić information content (AvgIpc) is 2.77. The summed E-state index contributed by atoms with van der Waals surface area (Å²) in [6, 6.07) is 4.78. The fourth-order valence-corrected chi connectivity index (χ4v) is 2.07. The van der Waals surface area contributed by atoms with E-state index in [0.29, 0.717) is 5.92 Å². The zero-order valence-corrected chi connectivity index (χ0v) is 10.0. The number of nitrogens with one attached hydrogen (secondary N) is 1. The molecule has 1 fully saturated rings. The third-order valence-corrected chi connectivity index (χ3v) is 3.16. The number of hydrogen-bond donors (Lipinski definition) is 3. The second-order valence-corrected chi connectivity index (χ2v) is 4.64. The van der Waals surface area contributed by atoms with Crippen molar-refractivity contribution in [2.75, 3.05) is 19.8 Å². The van der Waals surface area contributed by atoms with E-state index in [-0.39, 0.29) is 17.5 Å². The Balaban J connectivity index is 1.91. The van der Waals surface area contributed by atoms with E-state index in [0.717, 1.165) is 31.7 Å². The standard InChI is InChI=1S/C13H19NO3/c1-9(14-7-10-2-3-17-8-10)11-4-12(15)6-13(16)5-11/h4-6,9-10,14-16H,2-3,7-8H2,1H3. The van der Waals surface area contributed by atoms with Crippen LogP contribution in [0.2, 0.25) is 0 Å². The highest BCUT2D eigenvalue weighted by Crippen LogP contribution is 2.25. The first-order valence-corrected chi connectivity index (χ1v) is 5.99. The molecule has 2 unspecified atom stereocenters. The summed E-state index contributed by atoms with van der Waals surface area (Å²) in [4.78, 5) is 0. The molecule has 0 amide bonds. The van der Waals surface area contributed by atoms with E-state index in [1.165, 1.54) is 6.07 Å². The molecule has 94 valence electrons. The quantitative estimate of drug-likeness (QED) is 0.747. The molecule has 1 heterocycles. The molecular weight excluding hydrogens is 218 g/mol. The van der Waals surface area contributed by atoms with E-state index in [1.54, 1.807) is 12.1 Å². The lowest BCUT2D eigenvalue weighted by Gasteiger charge is -2.17. The molecule has 0 aliphatic carbocycles. The number of hydrogen-bond acceptors (Lipinski definition) is 4. The Morgan fingerprint density at radius 1 is 1.35 bits per heavy atom. The molecule has 0 radical (unpaired) electrons. The predicted octanol–water partition coefficient (Wildman–Crippen LogP) is 1.78. The monoisotopic (exact) mass is 237 g/mol. The Morgan fingerprint density at radius 2 is 2.06 bits per heavy atom. The fourth-order valence-electron chi connectivity index (χ4n) is 2.07. The van der Waals surface area contributed by atoms with E-state index in [4.69, 9.17) is 4.74 Å². The zero-order valence-electron chi connectivity index (χ0n) is 10.0. The summed E-state index contributed by atoms with van der Waals surface area (Å²) in [5, 5.41) is 22.2. The van der Waals surface area contributed by atoms with Gasteiger partial charge in [0.15, 0.2) is 0 Å². The first-order valence-electron chi connectivity index (χ1n) is 5.99. The van der Waals surface area contributed by atoms with Gasteiger partial charge in [-0.25, -0.2) is 0 Å². The lowest BCUT2D eigenvalue weighted by molar-refractivity contribution is 0.184. The Kier molecular flexibility index (Phi) is 3.86. The number of aromatic hydroxyl groups is 2. The number of rotatable bonds is 4. The third kappa shape index (κ3) is 3.35. The smallest absolute Gasteiger partial charge is 0.119 e. The maximum atomic E-state index is 9.41. The summed E-state index contributed by atoms with van der Waals surface area (Å²) in [5.41, 5.74) is 0.890. The molecule has 0 aromatic heterocycles. The Labute approximate surface area is 101 Å². The van der Waals surface area contributed by atoms with Crippen molar-refractivity contribution in [3.8, 4) is 11.5 Å². The summed E-state index contributed by atoms with van der Waals surface area (Å²) in [5.74, 6) is 0.763. The number of phenols is 2. The molecule has 1 aliphatic rings. The van der Waals surface area contributed by atoms with Gasteiger partial charge in [0.05, 0.1) is 6.61 Å². The van der Waals surface area contributed by atoms with Crippen LogP contribution in [0.4, 0.5) is 0 Å².